The third kappa shape index (κ3) is 0.987. The van der Waals surface area contributed by atoms with Crippen molar-refractivity contribution in [3.8, 4) is 0 Å². The van der Waals surface area contributed by atoms with Crippen molar-refractivity contribution >= 4 is 7.07 Å². The van der Waals surface area contributed by atoms with Crippen LogP contribution in [0.2, 0.25) is 5.31 Å². The van der Waals surface area contributed by atoms with Gasteiger partial charge in [-0.15, -0.1) is 0 Å². The Kier molecular flexibility index (Phi) is 1.60. The fraction of sp³-hybridized carbons (Fsp3) is 1.00. The van der Waals surface area contributed by atoms with E-state index in [-0.39, 0.29) is 16.3 Å². The van der Waals surface area contributed by atoms with E-state index < -0.39 is 0 Å². The molecule has 0 radical (unpaired) electrons. The predicted octanol–water partition coefficient (Wildman–Crippen LogP) is 2.89. The Morgan fingerprint density at radius 2 is 1.36 bits per heavy atom. The summed E-state index contributed by atoms with van der Waals surface area (Å²) >= 11 is 0. The molecule has 1 aliphatic rings. The van der Waals surface area contributed by atoms with Crippen LogP contribution in [0.1, 0.15) is 41.5 Å². The van der Waals surface area contributed by atoms with Gasteiger partial charge >= 0.3 is 69.8 Å². The summed E-state index contributed by atoms with van der Waals surface area (Å²) in [4.78, 5) is 4.55. The van der Waals surface area contributed by atoms with E-state index in [1.54, 1.807) is 0 Å². The molecule has 0 saturated heterocycles. The Morgan fingerprint density at radius 1 is 0.909 bits per heavy atom. The summed E-state index contributed by atoms with van der Waals surface area (Å²) in [6.07, 6.45) is 0. The van der Waals surface area contributed by atoms with Crippen molar-refractivity contribution in [2.75, 3.05) is 0 Å². The van der Waals surface area contributed by atoms with Crippen LogP contribution in [-0.2, 0) is 0 Å². The quantitative estimate of drug-likeness (QED) is 0.472. The molecule has 1 heterocycles. The van der Waals surface area contributed by atoms with Gasteiger partial charge in [0.15, 0.2) is 0 Å². The Balaban J connectivity index is 3.09. The minimum absolute atomic E-state index is 0.0938. The average Bonchev–Trinajstić information content (AvgIpc) is 1.93. The van der Waals surface area contributed by atoms with Gasteiger partial charge in [-0.05, 0) is 0 Å². The summed E-state index contributed by atoms with van der Waals surface area (Å²) < 4.78 is 0. The molecule has 0 unspecified atom stereocenters. The van der Waals surface area contributed by atoms with E-state index in [9.17, 15) is 0 Å². The van der Waals surface area contributed by atoms with Crippen LogP contribution in [0.3, 0.4) is 0 Å². The summed E-state index contributed by atoms with van der Waals surface area (Å²) in [5.74, 6) is 0. The van der Waals surface area contributed by atoms with Crippen LogP contribution >= 0.6 is 0 Å². The molecule has 0 bridgehead atoms. The van der Waals surface area contributed by atoms with Gasteiger partial charge < -0.3 is 0 Å². The van der Waals surface area contributed by atoms with Crippen molar-refractivity contribution in [1.82, 2.24) is 0 Å². The molecule has 1 nitrogen and oxygen atoms in total. The number of nitrogens with zero attached hydrogens (tertiary/aromatic N) is 1. The summed E-state index contributed by atoms with van der Waals surface area (Å²) in [5, 5.41) is 0.233. The first-order valence-corrected chi connectivity index (χ1v) is 4.27. The van der Waals surface area contributed by atoms with Gasteiger partial charge in [0.2, 0.25) is 0 Å². The fourth-order valence-corrected chi connectivity index (χ4v) is 1.43. The second-order valence-electron chi connectivity index (χ2n) is 5.16. The average molecular weight is 151 g/mol. The molecule has 0 N–H and O–H groups in total. The second kappa shape index (κ2) is 1.96. The SMILES string of the molecule is CC1(C)B=NC(C)(C)C1(C)C. The van der Waals surface area contributed by atoms with Crippen LogP contribution in [0.5, 0.6) is 0 Å². The summed E-state index contributed by atoms with van der Waals surface area (Å²) in [6.45, 7) is 13.5. The summed E-state index contributed by atoms with van der Waals surface area (Å²) in [7, 11) is 2.10. The van der Waals surface area contributed by atoms with E-state index in [2.05, 4.69) is 53.5 Å². The van der Waals surface area contributed by atoms with Crippen molar-refractivity contribution in [1.29, 1.82) is 0 Å². The van der Waals surface area contributed by atoms with Crippen LogP contribution in [0.4, 0.5) is 0 Å². The zero-order valence-corrected chi connectivity index (χ0v) is 8.52. The molecule has 0 spiro atoms. The molecular formula is C9H18BN. The third-order valence-corrected chi connectivity index (χ3v) is 3.85. The van der Waals surface area contributed by atoms with Gasteiger partial charge in [0.1, 0.15) is 0 Å². The van der Waals surface area contributed by atoms with E-state index >= 15 is 0 Å². The van der Waals surface area contributed by atoms with Crippen molar-refractivity contribution in [3.63, 3.8) is 0 Å². The molecule has 0 aromatic rings. The van der Waals surface area contributed by atoms with E-state index in [1.165, 1.54) is 0 Å². The van der Waals surface area contributed by atoms with Gasteiger partial charge in [-0.2, -0.15) is 0 Å². The van der Waals surface area contributed by atoms with Crippen LogP contribution in [0, 0.1) is 5.41 Å². The Morgan fingerprint density at radius 3 is 1.45 bits per heavy atom. The van der Waals surface area contributed by atoms with Gasteiger partial charge in [0.05, 0.1) is 0 Å². The normalized spacial score (nSPS) is 30.0. The van der Waals surface area contributed by atoms with Gasteiger partial charge in [-0.1, -0.05) is 0 Å². The maximum atomic E-state index is 4.55. The molecule has 0 aromatic heterocycles. The number of hydrogen-bond acceptors (Lipinski definition) is 1. The Labute approximate surface area is 70.5 Å². The van der Waals surface area contributed by atoms with E-state index in [4.69, 9.17) is 0 Å². The first-order valence-electron chi connectivity index (χ1n) is 4.27. The molecule has 2 heteroatoms. The maximum absolute atomic E-state index is 4.55. The molecule has 0 aliphatic carbocycles. The monoisotopic (exact) mass is 151 g/mol. The zero-order chi connectivity index (χ0) is 8.91. The molecule has 0 saturated carbocycles. The van der Waals surface area contributed by atoms with Gasteiger partial charge in [-0.25, -0.2) is 0 Å². The third-order valence-electron chi connectivity index (χ3n) is 3.85. The van der Waals surface area contributed by atoms with Crippen LogP contribution in [0.15, 0.2) is 4.90 Å². The standard InChI is InChI=1S/C9H18BN/c1-7(2)8(3,4)10-11-9(7,5)6/h1-6H3. The van der Waals surface area contributed by atoms with Crippen LogP contribution in [-0.4, -0.2) is 12.6 Å². The van der Waals surface area contributed by atoms with Crippen LogP contribution < -0.4 is 0 Å². The van der Waals surface area contributed by atoms with E-state index in [0.717, 1.165) is 0 Å². The molecule has 62 valence electrons. The Bertz CT molecular complexity index is 182. The van der Waals surface area contributed by atoms with Gasteiger partial charge in [-0.3, -0.25) is 0 Å². The fourth-order valence-electron chi connectivity index (χ4n) is 1.43. The molecule has 0 atom stereocenters. The molecule has 1 aliphatic heterocycles. The Hall–Kier alpha value is -0.135. The molecular weight excluding hydrogens is 133 g/mol. The summed E-state index contributed by atoms with van der Waals surface area (Å²) in [6, 6.07) is 0. The second-order valence-corrected chi connectivity index (χ2v) is 5.16. The zero-order valence-electron chi connectivity index (χ0n) is 8.52. The molecule has 0 fully saturated rings. The minimum atomic E-state index is 0.0938. The van der Waals surface area contributed by atoms with Crippen molar-refractivity contribution in [3.05, 3.63) is 0 Å². The topological polar surface area (TPSA) is 12.4 Å². The number of rotatable bonds is 0. The number of hydrogen-bond donors (Lipinski definition) is 0. The summed E-state index contributed by atoms with van der Waals surface area (Å²) in [5.41, 5.74) is 0.358. The van der Waals surface area contributed by atoms with E-state index in [0.29, 0.717) is 0 Å². The predicted molar refractivity (Wildman–Crippen MR) is 50.1 cm³/mol. The van der Waals surface area contributed by atoms with Crippen molar-refractivity contribution in [2.45, 2.75) is 52.4 Å². The molecule has 1 rings (SSSR count). The van der Waals surface area contributed by atoms with Gasteiger partial charge in [0, 0.05) is 0 Å². The first-order chi connectivity index (χ1) is 4.71. The molecule has 0 amide bonds. The van der Waals surface area contributed by atoms with Crippen LogP contribution in [0.25, 0.3) is 0 Å². The first kappa shape index (κ1) is 8.96. The molecule has 0 aromatic carbocycles. The van der Waals surface area contributed by atoms with Gasteiger partial charge in [0.25, 0.3) is 0 Å². The molecule has 11 heavy (non-hydrogen) atoms. The van der Waals surface area contributed by atoms with E-state index in [1.807, 2.05) is 0 Å². The van der Waals surface area contributed by atoms with Crippen molar-refractivity contribution in [2.24, 2.45) is 10.3 Å². The van der Waals surface area contributed by atoms with Crippen molar-refractivity contribution < 1.29 is 0 Å².